The van der Waals surface area contributed by atoms with E-state index in [2.05, 4.69) is 86.3 Å². The molecule has 0 spiro atoms. The molecule has 33 nitrogen and oxygen atoms in total. The Kier molecular flexibility index (Phi) is 49.4. The molecule has 6 aliphatic rings. The van der Waals surface area contributed by atoms with E-state index in [-0.39, 0.29) is 154 Å². The number of aromatic amines is 2. The second kappa shape index (κ2) is 57.7. The van der Waals surface area contributed by atoms with Gasteiger partial charge in [-0.3, -0.25) is 24.6 Å². The number of Topliss-reactive ketones (excluding diaryl/α,β-unsaturated/α-hetero) is 2. The number of anilines is 3. The molecule has 9 heterocycles. The quantitative estimate of drug-likeness (QED) is 0.00644. The number of hydrogen-bond acceptors (Lipinski definition) is 26. The van der Waals surface area contributed by atoms with Crippen molar-refractivity contribution in [3.8, 4) is 28.5 Å². The zero-order chi connectivity index (χ0) is 93.3. The minimum absolute atomic E-state index is 0. The number of nitrogens with two attached hydrogens (primary N) is 2. The molecule has 9 aromatic rings. The van der Waals surface area contributed by atoms with Gasteiger partial charge in [-0.1, -0.05) is 177 Å². The molecule has 6 atom stereocenters. The highest BCUT2D eigenvalue weighted by Gasteiger charge is 2.41. The third-order valence-electron chi connectivity index (χ3n) is 18.4. The van der Waals surface area contributed by atoms with Gasteiger partial charge < -0.3 is 95.5 Å². The molecule has 1 amide bonds. The number of nitrogens with one attached hydrogen (secondary N) is 7. The number of H-pyrrole nitrogens is 2. The summed E-state index contributed by atoms with van der Waals surface area (Å²) in [7, 11) is 0. The van der Waals surface area contributed by atoms with Crippen LogP contribution in [0.1, 0.15) is 111 Å². The maximum absolute atomic E-state index is 12.3. The molecule has 15 rings (SSSR count). The molecule has 2 fully saturated rings. The maximum Gasteiger partial charge on any atom is 0.390 e. The summed E-state index contributed by atoms with van der Waals surface area (Å²) in [6.45, 7) is 39.9. The first kappa shape index (κ1) is 113. The van der Waals surface area contributed by atoms with Crippen molar-refractivity contribution in [3.63, 3.8) is 0 Å². The highest BCUT2D eigenvalue weighted by molar-refractivity contribution is 6.67. The van der Waals surface area contributed by atoms with Crippen LogP contribution in [0.25, 0.3) is 48.3 Å². The molecular formula is C94H111Cl5N18O15. The fourth-order valence-electron chi connectivity index (χ4n) is 12.3. The van der Waals surface area contributed by atoms with Gasteiger partial charge in [0.15, 0.2) is 23.2 Å². The summed E-state index contributed by atoms with van der Waals surface area (Å²) in [5.74, 6) is 0.470. The number of aryl methyl sites for hydroxylation is 1. The van der Waals surface area contributed by atoms with Crippen LogP contribution in [0, 0.1) is 43.9 Å². The lowest BCUT2D eigenvalue weighted by Crippen LogP contribution is -2.47. The minimum atomic E-state index is -0.956. The third-order valence-corrected chi connectivity index (χ3v) is 19.1. The number of carbonyl (C=O) groups is 6. The molecule has 132 heavy (non-hydrogen) atoms. The van der Waals surface area contributed by atoms with E-state index >= 15 is 0 Å². The molecule has 2 saturated heterocycles. The van der Waals surface area contributed by atoms with Crippen LogP contribution >= 0.6 is 60.4 Å². The Bertz CT molecular complexity index is 5580. The molecule has 0 saturated carbocycles. The Morgan fingerprint density at radius 2 is 1.11 bits per heavy atom. The molecule has 6 aliphatic heterocycles. The minimum Gasteiger partial charge on any atom is -0.508 e. The van der Waals surface area contributed by atoms with Gasteiger partial charge in [0, 0.05) is 57.0 Å². The van der Waals surface area contributed by atoms with E-state index in [1.807, 2.05) is 197 Å². The van der Waals surface area contributed by atoms with Crippen molar-refractivity contribution < 1.29 is 67.0 Å². The lowest BCUT2D eigenvalue weighted by molar-refractivity contribution is -0.162. The number of ether oxygens (including phenoxy) is 7. The molecule has 0 bridgehead atoms. The summed E-state index contributed by atoms with van der Waals surface area (Å²) in [4.78, 5) is 119. The van der Waals surface area contributed by atoms with Gasteiger partial charge in [0.1, 0.15) is 69.6 Å². The number of amides is 1. The number of alkyl halides is 1. The number of ketones is 2. The summed E-state index contributed by atoms with van der Waals surface area (Å²) < 4.78 is 35.5. The second-order valence-electron chi connectivity index (χ2n) is 28.8. The van der Waals surface area contributed by atoms with E-state index < -0.39 is 41.6 Å². The van der Waals surface area contributed by atoms with Crippen LogP contribution in [-0.2, 0) is 68.3 Å². The summed E-state index contributed by atoms with van der Waals surface area (Å²) in [5.41, 5.74) is 20.5. The standard InChI is InChI=1S/C19H16N4O.C15H17N3O3.C13H12ClN3.C13H13N3O.C10H15NO4.C8H11NO3.C7H8N2.C5H7NO2.C3H5ClO.CH4.3ClH/c1-12-11-16-18(20-12)22-17(13-5-3-2-4-6-13)23-19(16)21-14-7-9-15(24)10-8-14;1-15(20-7-8-21-15)9-11-12(16)17-13(18-14(11)19)10-5-3-2-4-6-10;1-8-7-10-11(14)16-12(17-13(10)15-8)9-5-3-2-4-6-9;1-8-7-10-12(14-8)15-11(16-13(10)17)9-5-3-2-4-6-9;1-4-13-9(12)8(11-3)7-10(2)14-5-6-15-10;1-4-12-8(11)7(9-3)5-6(2)10;8-7(9)6-4-2-1-3-5-6;1-3-8-5(7)4-6-2;1-3(5)2-4;;;;/h2-11,24H,1H3,(H2,20,21,22,23);2-6H,7-9H2,1H3,(H3,16,17,18,19);2-7,10,13,15H,1H3;2-7,10,12,14H,1H3,(H,15,16,17);8H,4-7H2,1-2H3;7H,4-5H2,1-2H3;1-5H,(H3,8,9);3-4H2,1H3;2H2,1H3;1H4;3*1H. The lowest BCUT2D eigenvalue weighted by atomic mass is 10.0. The van der Waals surface area contributed by atoms with Crippen LogP contribution in [0.2, 0.25) is 0 Å². The smallest absolute Gasteiger partial charge is 0.390 e. The molecule has 38 heteroatoms. The summed E-state index contributed by atoms with van der Waals surface area (Å²) >= 11 is 11.2. The van der Waals surface area contributed by atoms with Crippen LogP contribution in [0.5, 0.6) is 5.75 Å². The Hall–Kier alpha value is -13.2. The molecule has 702 valence electrons. The summed E-state index contributed by atoms with van der Waals surface area (Å²) in [5, 5.41) is 30.6. The average Bonchev–Trinajstić information content (AvgIpc) is 1.63. The SMILES string of the molecule is C.CC(=O)CCl.CC1(Cc2c(N)nc(-c3ccccc3)[nH]c2=O)OCCO1.CC1=CC2C(=O)NC(c3ccccc3)=NC2N1.CC1=CC2C(Cl)=NC(c3ccccc3)=NC2N1.Cc1cc2c(Nc3ccc(O)cc3)nc(-c3ccccc3)nc2[nH]1.Cl.Cl.Cl.N=C(N)c1ccccc1.[C-]#[N+]C(CC(C)=O)C(=O)OCC.[C-]#[N+]C(CC1(C)OCCO1)C(=O)OCC.[C-]#[N+]CC(=O)OCC. The summed E-state index contributed by atoms with van der Waals surface area (Å²) in [6.07, 6.45) is 4.27. The number of amidine groups is 3. The number of aromatic hydroxyl groups is 1. The largest absolute Gasteiger partial charge is 0.508 e. The first-order valence-corrected chi connectivity index (χ1v) is 41.5. The first-order valence-electron chi connectivity index (χ1n) is 40.5. The molecule has 0 aliphatic carbocycles. The van der Waals surface area contributed by atoms with Crippen LogP contribution in [0.4, 0.5) is 17.3 Å². The number of nitrogen functional groups attached to an aromatic ring is 2. The number of phenols is 1. The fraction of sp³-hybridized carbons (Fsp3) is 0.330. The van der Waals surface area contributed by atoms with E-state index in [0.29, 0.717) is 67.1 Å². The molecular weight excluding hydrogens is 1800 g/mol. The van der Waals surface area contributed by atoms with Crippen molar-refractivity contribution in [2.24, 2.45) is 32.5 Å². The molecule has 3 aromatic heterocycles. The number of esters is 3. The van der Waals surface area contributed by atoms with Crippen LogP contribution in [0.3, 0.4) is 0 Å². The van der Waals surface area contributed by atoms with E-state index in [1.165, 1.54) is 13.8 Å². The highest BCUT2D eigenvalue weighted by Crippen LogP contribution is 2.32. The van der Waals surface area contributed by atoms with Crippen molar-refractivity contribution in [2.75, 3.05) is 69.7 Å². The predicted octanol–water partition coefficient (Wildman–Crippen LogP) is 15.2. The van der Waals surface area contributed by atoms with Crippen LogP contribution in [0.15, 0.2) is 225 Å². The number of aromatic nitrogens is 5. The molecule has 12 N–H and O–H groups in total. The van der Waals surface area contributed by atoms with Gasteiger partial charge in [0.2, 0.25) is 5.91 Å². The van der Waals surface area contributed by atoms with Gasteiger partial charge in [0.25, 0.3) is 5.56 Å². The Labute approximate surface area is 796 Å². The monoisotopic (exact) mass is 1910 g/mol. The number of fused-ring (bicyclic) bond motifs is 3. The van der Waals surface area contributed by atoms with Crippen molar-refractivity contribution in [2.45, 2.75) is 132 Å². The lowest BCUT2D eigenvalue weighted by Gasteiger charge is -2.23. The molecule has 6 unspecified atom stereocenters. The molecule has 0 radical (unpaired) electrons. The van der Waals surface area contributed by atoms with Gasteiger partial charge in [-0.05, 0) is 106 Å². The second-order valence-corrected chi connectivity index (χ2v) is 29.4. The van der Waals surface area contributed by atoms with Crippen LogP contribution < -0.4 is 38.3 Å². The fourth-order valence-corrected chi connectivity index (χ4v) is 12.6. The van der Waals surface area contributed by atoms with Gasteiger partial charge >= 0.3 is 36.5 Å². The van der Waals surface area contributed by atoms with Crippen molar-refractivity contribution in [3.05, 3.63) is 278 Å². The Morgan fingerprint density at radius 3 is 1.59 bits per heavy atom. The summed E-state index contributed by atoms with van der Waals surface area (Å²) in [6, 6.07) is 55.2. The van der Waals surface area contributed by atoms with Crippen molar-refractivity contribution in [1.29, 1.82) is 5.41 Å². The number of hydrogen-bond donors (Lipinski definition) is 10. The maximum atomic E-state index is 12.3. The van der Waals surface area contributed by atoms with Crippen LogP contribution in [-0.4, -0.2) is 183 Å². The Morgan fingerprint density at radius 1 is 0.636 bits per heavy atom. The normalized spacial score (nSPS) is 16.2. The zero-order valence-corrected chi connectivity index (χ0v) is 77.7. The van der Waals surface area contributed by atoms with Crippen molar-refractivity contribution in [1.82, 2.24) is 40.9 Å². The van der Waals surface area contributed by atoms with Crippen molar-refractivity contribution >= 4 is 147 Å². The zero-order valence-electron chi connectivity index (χ0n) is 73.7. The van der Waals surface area contributed by atoms with E-state index in [0.717, 1.165) is 67.4 Å². The highest BCUT2D eigenvalue weighted by atomic mass is 35.5. The van der Waals surface area contributed by atoms with Gasteiger partial charge in [-0.2, -0.15) is 0 Å². The number of aliphatic imine (C=N–C) groups is 3. The number of nitrogens with zero attached hydrogens (tertiary/aromatic N) is 9. The molecule has 6 aromatic carbocycles. The van der Waals surface area contributed by atoms with E-state index in [1.54, 1.807) is 46.8 Å². The van der Waals surface area contributed by atoms with E-state index in [4.69, 9.17) is 88.5 Å². The number of phenolic OH excluding ortho intramolecular Hbond substituents is 1. The number of rotatable bonds is 20. The average molecular weight is 1910 g/mol. The number of halogens is 5. The Balaban J connectivity index is 0.000000391. The predicted molar refractivity (Wildman–Crippen MR) is 520 cm³/mol. The number of allylic oxidation sites excluding steroid dienone is 2. The number of benzene rings is 6. The third kappa shape index (κ3) is 36.6. The first-order chi connectivity index (χ1) is 61.3. The topological polar surface area (TPSA) is 449 Å². The van der Waals surface area contributed by atoms with Gasteiger partial charge in [-0.15, -0.1) is 48.8 Å². The van der Waals surface area contributed by atoms with Gasteiger partial charge in [-0.25, -0.2) is 64.0 Å². The number of carbonyl (C=O) groups excluding carboxylic acids is 6. The van der Waals surface area contributed by atoms with E-state index in [9.17, 15) is 38.7 Å². The van der Waals surface area contributed by atoms with Gasteiger partial charge in [0.05, 0.1) is 87.8 Å².